The number of aromatic nitrogens is 1. The molecule has 0 amide bonds. The SMILES string of the molecule is CCOC(=O)c1c[n+](CC)c2cc3c(cc2c1SCC)OCO3. The molecule has 23 heavy (non-hydrogen) atoms. The number of pyridine rings is 1. The van der Waals surface area contributed by atoms with E-state index in [4.69, 9.17) is 14.2 Å². The Hall–Kier alpha value is -1.95. The van der Waals surface area contributed by atoms with Gasteiger partial charge in [-0.05, 0) is 25.7 Å². The average molecular weight is 334 g/mol. The number of thioether (sulfide) groups is 1. The first kappa shape index (κ1) is 15.9. The van der Waals surface area contributed by atoms with Crippen LogP contribution in [0.3, 0.4) is 0 Å². The van der Waals surface area contributed by atoms with Crippen molar-refractivity contribution in [3.8, 4) is 11.5 Å². The van der Waals surface area contributed by atoms with Gasteiger partial charge in [-0.1, -0.05) is 6.92 Å². The van der Waals surface area contributed by atoms with Crippen LogP contribution in [0.25, 0.3) is 10.9 Å². The summed E-state index contributed by atoms with van der Waals surface area (Å²) in [4.78, 5) is 13.3. The zero-order valence-corrected chi connectivity index (χ0v) is 14.4. The molecule has 0 bridgehead atoms. The van der Waals surface area contributed by atoms with E-state index < -0.39 is 0 Å². The van der Waals surface area contributed by atoms with Crippen molar-refractivity contribution < 1.29 is 23.6 Å². The van der Waals surface area contributed by atoms with Gasteiger partial charge in [-0.2, -0.15) is 4.57 Å². The number of esters is 1. The Morgan fingerprint density at radius 3 is 2.65 bits per heavy atom. The van der Waals surface area contributed by atoms with Crippen LogP contribution in [-0.4, -0.2) is 25.1 Å². The molecule has 1 aliphatic heterocycles. The molecule has 0 aliphatic carbocycles. The van der Waals surface area contributed by atoms with E-state index in [1.165, 1.54) is 0 Å². The second kappa shape index (κ2) is 6.66. The molecule has 6 heteroatoms. The van der Waals surface area contributed by atoms with Crippen LogP contribution in [0.1, 0.15) is 31.1 Å². The molecule has 0 N–H and O–H groups in total. The van der Waals surface area contributed by atoms with E-state index in [-0.39, 0.29) is 12.8 Å². The Balaban J connectivity index is 2.29. The van der Waals surface area contributed by atoms with Crippen LogP contribution in [0.2, 0.25) is 0 Å². The number of benzene rings is 1. The number of rotatable bonds is 5. The summed E-state index contributed by atoms with van der Waals surface area (Å²) in [5, 5.41) is 0.994. The summed E-state index contributed by atoms with van der Waals surface area (Å²) in [6.45, 7) is 7.28. The summed E-state index contributed by atoms with van der Waals surface area (Å²) in [5.41, 5.74) is 1.63. The van der Waals surface area contributed by atoms with Crippen LogP contribution < -0.4 is 14.0 Å². The third kappa shape index (κ3) is 2.83. The van der Waals surface area contributed by atoms with Crippen molar-refractivity contribution in [2.45, 2.75) is 32.2 Å². The highest BCUT2D eigenvalue weighted by molar-refractivity contribution is 7.99. The molecule has 0 radical (unpaired) electrons. The Bertz CT molecular complexity index is 760. The van der Waals surface area contributed by atoms with Gasteiger partial charge >= 0.3 is 5.97 Å². The second-order valence-corrected chi connectivity index (χ2v) is 6.31. The molecule has 0 atom stereocenters. The van der Waals surface area contributed by atoms with E-state index in [9.17, 15) is 4.79 Å². The zero-order valence-electron chi connectivity index (χ0n) is 13.5. The molecule has 2 aromatic rings. The molecular formula is C17H20NO4S+. The number of aryl methyl sites for hydroxylation is 1. The Kier molecular flexibility index (Phi) is 4.61. The van der Waals surface area contributed by atoms with Crippen LogP contribution in [-0.2, 0) is 11.3 Å². The smallest absolute Gasteiger partial charge is 0.345 e. The standard InChI is InChI=1S/C17H20NO4S/c1-4-18-9-12(17(19)20-5-2)16(23-6-3)11-7-14-15(8-13(11)18)22-10-21-14/h7-9H,4-6,10H2,1-3H3/q+1. The molecule has 1 aliphatic rings. The molecule has 122 valence electrons. The maximum absolute atomic E-state index is 12.4. The van der Waals surface area contributed by atoms with Gasteiger partial charge in [0.15, 0.2) is 17.7 Å². The van der Waals surface area contributed by atoms with Crippen LogP contribution >= 0.6 is 11.8 Å². The Labute approximate surface area is 139 Å². The minimum atomic E-state index is -0.287. The first-order valence-electron chi connectivity index (χ1n) is 7.79. The zero-order chi connectivity index (χ0) is 16.4. The Morgan fingerprint density at radius 1 is 1.26 bits per heavy atom. The van der Waals surface area contributed by atoms with Gasteiger partial charge in [-0.3, -0.25) is 0 Å². The summed E-state index contributed by atoms with van der Waals surface area (Å²) in [7, 11) is 0. The molecule has 0 fully saturated rings. The molecule has 3 rings (SSSR count). The molecular weight excluding hydrogens is 314 g/mol. The summed E-state index contributed by atoms with van der Waals surface area (Å²) in [5.74, 6) is 2.05. The highest BCUT2D eigenvalue weighted by atomic mass is 32.2. The lowest BCUT2D eigenvalue weighted by Crippen LogP contribution is -2.34. The van der Waals surface area contributed by atoms with Crippen LogP contribution in [0, 0.1) is 0 Å². The summed E-state index contributed by atoms with van der Waals surface area (Å²) >= 11 is 1.64. The summed E-state index contributed by atoms with van der Waals surface area (Å²) in [6, 6.07) is 3.94. The normalized spacial score (nSPS) is 12.7. The third-order valence-corrected chi connectivity index (χ3v) is 4.72. The van der Waals surface area contributed by atoms with E-state index in [0.29, 0.717) is 12.2 Å². The van der Waals surface area contributed by atoms with Crippen molar-refractivity contribution in [1.82, 2.24) is 0 Å². The quantitative estimate of drug-likeness (QED) is 0.477. The van der Waals surface area contributed by atoms with Crippen LogP contribution in [0.15, 0.2) is 23.2 Å². The van der Waals surface area contributed by atoms with Crippen molar-refractivity contribution in [2.75, 3.05) is 19.2 Å². The fourth-order valence-electron chi connectivity index (χ4n) is 2.70. The number of hydrogen-bond acceptors (Lipinski definition) is 5. The summed E-state index contributed by atoms with van der Waals surface area (Å²) < 4.78 is 18.3. The van der Waals surface area contributed by atoms with Crippen molar-refractivity contribution in [3.05, 3.63) is 23.9 Å². The largest absolute Gasteiger partial charge is 0.462 e. The van der Waals surface area contributed by atoms with Crippen LogP contribution in [0.4, 0.5) is 0 Å². The molecule has 0 saturated carbocycles. The summed E-state index contributed by atoms with van der Waals surface area (Å²) in [6.07, 6.45) is 1.88. The molecule has 0 saturated heterocycles. The van der Waals surface area contributed by atoms with Crippen molar-refractivity contribution >= 4 is 28.6 Å². The molecule has 0 spiro atoms. The first-order valence-corrected chi connectivity index (χ1v) is 8.77. The van der Waals surface area contributed by atoms with E-state index in [1.807, 2.05) is 36.7 Å². The lowest BCUT2D eigenvalue weighted by Gasteiger charge is -2.11. The van der Waals surface area contributed by atoms with Gasteiger partial charge in [0.05, 0.1) is 18.1 Å². The molecule has 2 heterocycles. The second-order valence-electron chi connectivity index (χ2n) is 5.03. The van der Waals surface area contributed by atoms with Gasteiger partial charge in [0.1, 0.15) is 12.1 Å². The molecule has 1 aromatic heterocycles. The van der Waals surface area contributed by atoms with Gasteiger partial charge in [0.25, 0.3) is 0 Å². The minimum absolute atomic E-state index is 0.235. The van der Waals surface area contributed by atoms with Crippen molar-refractivity contribution in [3.63, 3.8) is 0 Å². The Morgan fingerprint density at radius 2 is 2.00 bits per heavy atom. The van der Waals surface area contributed by atoms with E-state index in [2.05, 4.69) is 6.92 Å². The number of hydrogen-bond donors (Lipinski definition) is 0. The highest BCUT2D eigenvalue weighted by Crippen LogP contribution is 2.39. The lowest BCUT2D eigenvalue weighted by atomic mass is 10.1. The maximum Gasteiger partial charge on any atom is 0.345 e. The predicted molar refractivity (Wildman–Crippen MR) is 88.3 cm³/mol. The molecule has 1 aromatic carbocycles. The highest BCUT2D eigenvalue weighted by Gasteiger charge is 2.26. The predicted octanol–water partition coefficient (Wildman–Crippen LogP) is 3.16. The first-order chi connectivity index (χ1) is 11.2. The van der Waals surface area contributed by atoms with Crippen LogP contribution in [0.5, 0.6) is 11.5 Å². The third-order valence-electron chi connectivity index (χ3n) is 3.70. The minimum Gasteiger partial charge on any atom is -0.462 e. The lowest BCUT2D eigenvalue weighted by molar-refractivity contribution is -0.668. The number of carbonyl (C=O) groups is 1. The molecule has 5 nitrogen and oxygen atoms in total. The van der Waals surface area contributed by atoms with E-state index >= 15 is 0 Å². The fraction of sp³-hybridized carbons (Fsp3) is 0.412. The number of fused-ring (bicyclic) bond motifs is 2. The van der Waals surface area contributed by atoms with Gasteiger partial charge < -0.3 is 14.2 Å². The number of nitrogens with zero attached hydrogens (tertiary/aromatic N) is 1. The van der Waals surface area contributed by atoms with Crippen molar-refractivity contribution in [2.24, 2.45) is 0 Å². The van der Waals surface area contributed by atoms with Gasteiger partial charge in [0.2, 0.25) is 12.3 Å². The number of ether oxygens (including phenoxy) is 3. The number of carbonyl (C=O) groups excluding carboxylic acids is 1. The fourth-order valence-corrected chi connectivity index (χ4v) is 3.59. The van der Waals surface area contributed by atoms with Gasteiger partial charge in [0, 0.05) is 4.90 Å². The molecule has 0 unspecified atom stereocenters. The topological polar surface area (TPSA) is 48.6 Å². The average Bonchev–Trinajstić information content (AvgIpc) is 3.01. The van der Waals surface area contributed by atoms with Gasteiger partial charge in [-0.15, -0.1) is 11.8 Å². The van der Waals surface area contributed by atoms with E-state index in [1.54, 1.807) is 11.8 Å². The van der Waals surface area contributed by atoms with Gasteiger partial charge in [-0.25, -0.2) is 4.79 Å². The maximum atomic E-state index is 12.4. The van der Waals surface area contributed by atoms with Crippen molar-refractivity contribution in [1.29, 1.82) is 0 Å². The van der Waals surface area contributed by atoms with E-state index in [0.717, 1.165) is 39.6 Å². The monoisotopic (exact) mass is 334 g/mol.